The van der Waals surface area contributed by atoms with Crippen LogP contribution in [0, 0.1) is 13.8 Å². The van der Waals surface area contributed by atoms with Crippen LogP contribution in [0.3, 0.4) is 0 Å². The van der Waals surface area contributed by atoms with Crippen molar-refractivity contribution in [2.24, 2.45) is 0 Å². The van der Waals surface area contributed by atoms with Crippen LogP contribution < -0.4 is 20.3 Å². The van der Waals surface area contributed by atoms with E-state index in [2.05, 4.69) is 15.4 Å². The van der Waals surface area contributed by atoms with E-state index in [9.17, 15) is 9.59 Å². The number of carbonyl (C=O) groups excluding carboxylic acids is 1. The Morgan fingerprint density at radius 3 is 2.73 bits per heavy atom. The molecular formula is C22H28N4O4. The lowest BCUT2D eigenvalue weighted by Gasteiger charge is -2.18. The van der Waals surface area contributed by atoms with Crippen LogP contribution in [-0.4, -0.2) is 34.2 Å². The average molecular weight is 412 g/mol. The van der Waals surface area contributed by atoms with Crippen molar-refractivity contribution in [3.8, 4) is 11.5 Å². The van der Waals surface area contributed by atoms with E-state index < -0.39 is 0 Å². The number of nitrogens with one attached hydrogen (secondary N) is 2. The molecule has 0 spiro atoms. The fraction of sp³-hybridized carbons (Fsp3) is 0.409. The zero-order valence-corrected chi connectivity index (χ0v) is 18.0. The van der Waals surface area contributed by atoms with Gasteiger partial charge < -0.3 is 14.8 Å². The van der Waals surface area contributed by atoms with E-state index in [1.54, 1.807) is 11.6 Å². The molecule has 0 bridgehead atoms. The van der Waals surface area contributed by atoms with Crippen LogP contribution in [0.15, 0.2) is 29.1 Å². The monoisotopic (exact) mass is 412 g/mol. The van der Waals surface area contributed by atoms with E-state index in [1.165, 1.54) is 6.07 Å². The lowest BCUT2D eigenvalue weighted by atomic mass is 10.1. The number of methoxy groups -OCH3 is 1. The highest BCUT2D eigenvalue weighted by atomic mass is 16.5. The lowest BCUT2D eigenvalue weighted by Crippen LogP contribution is -2.29. The third kappa shape index (κ3) is 4.48. The van der Waals surface area contributed by atoms with Crippen molar-refractivity contribution in [1.29, 1.82) is 0 Å². The summed E-state index contributed by atoms with van der Waals surface area (Å²) < 4.78 is 12.7. The molecule has 0 radical (unpaired) electrons. The summed E-state index contributed by atoms with van der Waals surface area (Å²) in [7, 11) is 1.60. The molecule has 2 heterocycles. The summed E-state index contributed by atoms with van der Waals surface area (Å²) in [5.74, 6) is 1.20. The molecular weight excluding hydrogens is 384 g/mol. The third-order valence-electron chi connectivity index (χ3n) is 5.07. The topological polar surface area (TPSA) is 97.7 Å². The van der Waals surface area contributed by atoms with Gasteiger partial charge in [0, 0.05) is 23.0 Å². The van der Waals surface area contributed by atoms with Crippen molar-refractivity contribution in [3.63, 3.8) is 0 Å². The number of amides is 1. The highest BCUT2D eigenvalue weighted by Gasteiger charge is 2.17. The fourth-order valence-corrected chi connectivity index (χ4v) is 3.43. The van der Waals surface area contributed by atoms with E-state index in [0.717, 1.165) is 28.9 Å². The standard InChI is InChI=1S/C22H28N4O4/c1-6-9-30-18-8-7-16(10-19(18)29-5)13(2)24-21(27)11-17-14(3)23-20-12-22(28)25-26(20)15(17)4/h7-8,10,12-13H,6,9,11H2,1-5H3,(H,24,27)(H,25,28). The van der Waals surface area contributed by atoms with Crippen molar-refractivity contribution in [2.45, 2.75) is 46.6 Å². The molecule has 30 heavy (non-hydrogen) atoms. The number of aromatic nitrogens is 3. The zero-order chi connectivity index (χ0) is 21.8. The zero-order valence-electron chi connectivity index (χ0n) is 18.0. The molecule has 160 valence electrons. The van der Waals surface area contributed by atoms with Crippen molar-refractivity contribution in [3.05, 3.63) is 57.1 Å². The van der Waals surface area contributed by atoms with Gasteiger partial charge >= 0.3 is 0 Å². The van der Waals surface area contributed by atoms with Gasteiger partial charge in [-0.15, -0.1) is 0 Å². The predicted molar refractivity (Wildman–Crippen MR) is 114 cm³/mol. The predicted octanol–water partition coefficient (Wildman–Crippen LogP) is 2.86. The van der Waals surface area contributed by atoms with Gasteiger partial charge in [-0.05, 0) is 44.9 Å². The summed E-state index contributed by atoms with van der Waals surface area (Å²) in [4.78, 5) is 28.8. The molecule has 8 nitrogen and oxygen atoms in total. The molecule has 3 rings (SSSR count). The molecule has 1 amide bonds. The van der Waals surface area contributed by atoms with Crippen LogP contribution in [0.5, 0.6) is 11.5 Å². The minimum Gasteiger partial charge on any atom is -0.493 e. The Morgan fingerprint density at radius 1 is 1.27 bits per heavy atom. The number of carbonyl (C=O) groups is 1. The van der Waals surface area contributed by atoms with E-state index in [1.807, 2.05) is 45.9 Å². The Balaban J connectivity index is 1.75. The van der Waals surface area contributed by atoms with Crippen LogP contribution in [-0.2, 0) is 11.2 Å². The number of fused-ring (bicyclic) bond motifs is 1. The van der Waals surface area contributed by atoms with Crippen molar-refractivity contribution in [1.82, 2.24) is 19.9 Å². The normalized spacial score (nSPS) is 12.0. The van der Waals surface area contributed by atoms with Crippen LogP contribution in [0.25, 0.3) is 5.65 Å². The van der Waals surface area contributed by atoms with Gasteiger partial charge in [-0.1, -0.05) is 13.0 Å². The van der Waals surface area contributed by atoms with E-state index >= 15 is 0 Å². The van der Waals surface area contributed by atoms with Gasteiger partial charge in [0.25, 0.3) is 5.56 Å². The van der Waals surface area contributed by atoms with Crippen molar-refractivity contribution < 1.29 is 14.3 Å². The fourth-order valence-electron chi connectivity index (χ4n) is 3.43. The SMILES string of the molecule is CCCOc1ccc(C(C)NC(=O)Cc2c(C)nc3cc(=O)[nH]n3c2C)cc1OC. The Kier molecular flexibility index (Phi) is 6.44. The number of ether oxygens (including phenoxy) is 2. The van der Waals surface area contributed by atoms with Crippen LogP contribution in [0.4, 0.5) is 0 Å². The largest absolute Gasteiger partial charge is 0.493 e. The first kappa shape index (κ1) is 21.4. The van der Waals surface area contributed by atoms with Crippen molar-refractivity contribution in [2.75, 3.05) is 13.7 Å². The summed E-state index contributed by atoms with van der Waals surface area (Å²) in [6.07, 6.45) is 1.08. The molecule has 3 aromatic rings. The maximum absolute atomic E-state index is 12.7. The Bertz CT molecular complexity index is 1120. The van der Waals surface area contributed by atoms with Gasteiger partial charge in [0.1, 0.15) is 0 Å². The second-order valence-electron chi connectivity index (χ2n) is 7.30. The van der Waals surface area contributed by atoms with E-state index in [0.29, 0.717) is 23.8 Å². The van der Waals surface area contributed by atoms with Gasteiger partial charge in [0.15, 0.2) is 17.1 Å². The summed E-state index contributed by atoms with van der Waals surface area (Å²) in [5, 5.41) is 5.73. The summed E-state index contributed by atoms with van der Waals surface area (Å²) in [6, 6.07) is 6.89. The molecule has 0 fully saturated rings. The quantitative estimate of drug-likeness (QED) is 0.593. The van der Waals surface area contributed by atoms with E-state index in [-0.39, 0.29) is 23.9 Å². The number of nitrogens with zero attached hydrogens (tertiary/aromatic N) is 2. The molecule has 2 aromatic heterocycles. The molecule has 1 aromatic carbocycles. The summed E-state index contributed by atoms with van der Waals surface area (Å²) in [5.41, 5.74) is 3.56. The molecule has 1 atom stereocenters. The molecule has 0 saturated heterocycles. The van der Waals surface area contributed by atoms with E-state index in [4.69, 9.17) is 9.47 Å². The lowest BCUT2D eigenvalue weighted by molar-refractivity contribution is -0.121. The van der Waals surface area contributed by atoms with Gasteiger partial charge in [-0.3, -0.25) is 14.7 Å². The first-order valence-electron chi connectivity index (χ1n) is 10.0. The molecule has 1 unspecified atom stereocenters. The minimum atomic E-state index is -0.222. The third-order valence-corrected chi connectivity index (χ3v) is 5.07. The summed E-state index contributed by atoms with van der Waals surface area (Å²) in [6.45, 7) is 8.29. The number of H-pyrrole nitrogens is 1. The molecule has 0 aliphatic rings. The number of hydrogen-bond acceptors (Lipinski definition) is 5. The number of hydrogen-bond donors (Lipinski definition) is 2. The second kappa shape index (κ2) is 9.02. The maximum atomic E-state index is 12.7. The van der Waals surface area contributed by atoms with Crippen molar-refractivity contribution >= 4 is 11.6 Å². The van der Waals surface area contributed by atoms with Gasteiger partial charge in [-0.2, -0.15) is 0 Å². The first-order chi connectivity index (χ1) is 14.3. The Morgan fingerprint density at radius 2 is 2.03 bits per heavy atom. The second-order valence-corrected chi connectivity index (χ2v) is 7.30. The number of aromatic amines is 1. The Labute approximate surface area is 175 Å². The Hall–Kier alpha value is -3.29. The van der Waals surface area contributed by atoms with Crippen LogP contribution >= 0.6 is 0 Å². The smallest absolute Gasteiger partial charge is 0.266 e. The van der Waals surface area contributed by atoms with Crippen LogP contribution in [0.2, 0.25) is 0 Å². The molecule has 8 heteroatoms. The highest BCUT2D eigenvalue weighted by Crippen LogP contribution is 2.30. The highest BCUT2D eigenvalue weighted by molar-refractivity contribution is 5.79. The number of benzene rings is 1. The van der Waals surface area contributed by atoms with Gasteiger partial charge in [0.05, 0.1) is 26.2 Å². The van der Waals surface area contributed by atoms with Gasteiger partial charge in [-0.25, -0.2) is 9.50 Å². The number of rotatable bonds is 8. The summed E-state index contributed by atoms with van der Waals surface area (Å²) >= 11 is 0. The molecule has 0 aliphatic carbocycles. The van der Waals surface area contributed by atoms with Crippen LogP contribution in [0.1, 0.15) is 48.8 Å². The maximum Gasteiger partial charge on any atom is 0.266 e. The van der Waals surface area contributed by atoms with Gasteiger partial charge in [0.2, 0.25) is 5.91 Å². The minimum absolute atomic E-state index is 0.130. The average Bonchev–Trinajstić information content (AvgIpc) is 3.09. The molecule has 0 saturated carbocycles. The molecule has 0 aliphatic heterocycles. The molecule has 2 N–H and O–H groups in total. The first-order valence-corrected chi connectivity index (χ1v) is 10.0. The number of aryl methyl sites for hydroxylation is 2.